The number of carbonyl (C=O) groups is 1. The number of benzene rings is 1. The molecule has 2 aromatic rings. The molecule has 3 heterocycles. The van der Waals surface area contributed by atoms with Crippen LogP contribution in [-0.4, -0.2) is 46.9 Å². The molecule has 0 saturated carbocycles. The molecule has 11 heteroatoms. The summed E-state index contributed by atoms with van der Waals surface area (Å²) in [4.78, 5) is 22.4. The highest BCUT2D eigenvalue weighted by Crippen LogP contribution is 2.41. The number of pyridine rings is 1. The third-order valence-electron chi connectivity index (χ3n) is 6.06. The van der Waals surface area contributed by atoms with Gasteiger partial charge in [-0.1, -0.05) is 37.1 Å². The molecule has 0 unspecified atom stereocenters. The van der Waals surface area contributed by atoms with E-state index in [1.165, 1.54) is 5.01 Å². The van der Waals surface area contributed by atoms with Gasteiger partial charge in [-0.2, -0.15) is 0 Å². The number of halogens is 1. The van der Waals surface area contributed by atoms with Crippen molar-refractivity contribution in [1.82, 2.24) is 9.99 Å². The number of hydrazine groups is 1. The van der Waals surface area contributed by atoms with E-state index in [9.17, 15) is 10.0 Å². The normalized spacial score (nSPS) is 19.5. The molecule has 1 fully saturated rings. The molecular formula is C24H29ClN4O6. The molecule has 0 amide bonds. The van der Waals surface area contributed by atoms with E-state index in [2.05, 4.69) is 10.3 Å². The number of aryl methyl sites for hydroxylation is 1. The smallest absolute Gasteiger partial charge is 0.513 e. The molecule has 0 aliphatic carbocycles. The SMILES string of the molecule is CCCCO/N=[N+](/[O-])N1CCC[C@H]1COC(=O)Oc1c(C)ncc2c1CO[C@H]2c1ccc(Cl)cc1. The van der Waals surface area contributed by atoms with Crippen LogP contribution < -0.4 is 4.74 Å². The maximum absolute atomic E-state index is 12.5. The minimum atomic E-state index is -0.862. The zero-order valence-corrected chi connectivity index (χ0v) is 20.6. The number of hydrogen-bond acceptors (Lipinski definition) is 8. The summed E-state index contributed by atoms with van der Waals surface area (Å²) >= 11 is 6.00. The molecule has 188 valence electrons. The zero-order valence-electron chi connectivity index (χ0n) is 19.8. The minimum absolute atomic E-state index is 0.00649. The predicted molar refractivity (Wildman–Crippen MR) is 126 cm³/mol. The number of unbranched alkanes of at least 4 members (excludes halogenated alkanes) is 1. The number of aromatic nitrogens is 1. The highest BCUT2D eigenvalue weighted by Gasteiger charge is 2.34. The van der Waals surface area contributed by atoms with Crippen LogP contribution in [-0.2, 0) is 20.9 Å². The molecule has 2 atom stereocenters. The summed E-state index contributed by atoms with van der Waals surface area (Å²) in [6, 6.07) is 7.08. The van der Waals surface area contributed by atoms with Gasteiger partial charge in [0.2, 0.25) is 5.28 Å². The summed E-state index contributed by atoms with van der Waals surface area (Å²) in [5.74, 6) is 0.331. The van der Waals surface area contributed by atoms with Gasteiger partial charge in [0, 0.05) is 22.3 Å². The first-order valence-electron chi connectivity index (χ1n) is 11.7. The number of fused-ring (bicyclic) bond motifs is 1. The van der Waals surface area contributed by atoms with Crippen molar-refractivity contribution in [1.29, 1.82) is 0 Å². The average Bonchev–Trinajstić information content (AvgIpc) is 3.50. The zero-order chi connectivity index (χ0) is 24.8. The van der Waals surface area contributed by atoms with Crippen molar-refractivity contribution in [3.05, 3.63) is 63.1 Å². The van der Waals surface area contributed by atoms with Crippen LogP contribution >= 0.6 is 11.6 Å². The lowest BCUT2D eigenvalue weighted by molar-refractivity contribution is -0.714. The molecule has 1 saturated heterocycles. The number of rotatable bonds is 9. The number of ether oxygens (including phenoxy) is 3. The maximum atomic E-state index is 12.5. The first-order chi connectivity index (χ1) is 17.0. The lowest BCUT2D eigenvalue weighted by Gasteiger charge is -2.20. The van der Waals surface area contributed by atoms with Gasteiger partial charge < -0.3 is 24.3 Å². The highest BCUT2D eigenvalue weighted by atomic mass is 35.5. The first kappa shape index (κ1) is 25.0. The van der Waals surface area contributed by atoms with E-state index < -0.39 is 6.16 Å². The van der Waals surface area contributed by atoms with Gasteiger partial charge in [0.1, 0.15) is 25.4 Å². The van der Waals surface area contributed by atoms with Gasteiger partial charge in [-0.25, -0.2) is 4.79 Å². The summed E-state index contributed by atoms with van der Waals surface area (Å²) < 4.78 is 16.9. The standard InChI is InChI=1S/C24H29ClN4O6/c1-3-4-12-34-27-29(31)28-11-5-6-19(28)14-33-24(30)35-22-16(2)26-13-20-21(22)15-32-23(20)17-7-9-18(25)10-8-17/h7-10,13,19,23H,3-6,11-12,14-15H2,1-2H3/b29-27+/t19-,23-/m0/s1. The van der Waals surface area contributed by atoms with Crippen LogP contribution in [0.3, 0.4) is 0 Å². The van der Waals surface area contributed by atoms with Crippen LogP contribution in [0.1, 0.15) is 61.1 Å². The monoisotopic (exact) mass is 504 g/mol. The van der Waals surface area contributed by atoms with E-state index in [-0.39, 0.29) is 25.4 Å². The van der Waals surface area contributed by atoms with Crippen LogP contribution in [0.15, 0.2) is 35.7 Å². The van der Waals surface area contributed by atoms with Crippen molar-refractivity contribution in [3.8, 4) is 5.75 Å². The Morgan fingerprint density at radius 3 is 2.94 bits per heavy atom. The Bertz CT molecular complexity index is 1060. The summed E-state index contributed by atoms with van der Waals surface area (Å²) in [5, 5.41) is 17.9. The molecule has 1 aromatic carbocycles. The van der Waals surface area contributed by atoms with Crippen molar-refractivity contribution in [2.75, 3.05) is 19.8 Å². The minimum Gasteiger partial charge on any atom is -0.569 e. The van der Waals surface area contributed by atoms with E-state index in [1.807, 2.05) is 19.1 Å². The molecular weight excluding hydrogens is 476 g/mol. The fourth-order valence-corrected chi connectivity index (χ4v) is 4.30. The second kappa shape index (κ2) is 11.5. The number of nitrogens with zero attached hydrogens (tertiary/aromatic N) is 4. The third-order valence-corrected chi connectivity index (χ3v) is 6.31. The van der Waals surface area contributed by atoms with E-state index >= 15 is 0 Å². The number of hydrogen-bond donors (Lipinski definition) is 0. The molecule has 0 N–H and O–H groups in total. The molecule has 1 aromatic heterocycles. The van der Waals surface area contributed by atoms with Crippen LogP contribution in [0.5, 0.6) is 5.75 Å². The van der Waals surface area contributed by atoms with Crippen LogP contribution in [0.4, 0.5) is 4.79 Å². The lowest BCUT2D eigenvalue weighted by Crippen LogP contribution is -2.39. The molecule has 0 spiro atoms. The fraction of sp³-hybridized carbons (Fsp3) is 0.500. The topological polar surface area (TPSA) is 109 Å². The summed E-state index contributed by atoms with van der Waals surface area (Å²) in [6.45, 7) is 4.94. The van der Waals surface area contributed by atoms with Crippen LogP contribution in [0.25, 0.3) is 0 Å². The maximum Gasteiger partial charge on any atom is 0.513 e. The van der Waals surface area contributed by atoms with Crippen molar-refractivity contribution in [2.45, 2.75) is 58.3 Å². The van der Waals surface area contributed by atoms with E-state index in [4.69, 9.17) is 30.6 Å². The molecule has 10 nitrogen and oxygen atoms in total. The fourth-order valence-electron chi connectivity index (χ4n) is 4.17. The summed E-state index contributed by atoms with van der Waals surface area (Å²) in [6.07, 6.45) is 3.79. The quantitative estimate of drug-likeness (QED) is 0.150. The summed E-state index contributed by atoms with van der Waals surface area (Å²) in [7, 11) is 0. The van der Waals surface area contributed by atoms with Gasteiger partial charge in [-0.3, -0.25) is 4.98 Å². The number of carbonyl (C=O) groups excluding carboxylic acids is 1. The Labute approximate surface area is 208 Å². The molecule has 0 bridgehead atoms. The second-order valence-electron chi connectivity index (χ2n) is 8.49. The Morgan fingerprint density at radius 2 is 2.17 bits per heavy atom. The molecule has 0 radical (unpaired) electrons. The van der Waals surface area contributed by atoms with E-state index in [0.717, 1.165) is 36.0 Å². The molecule has 35 heavy (non-hydrogen) atoms. The Kier molecular flexibility index (Phi) is 8.25. The highest BCUT2D eigenvalue weighted by molar-refractivity contribution is 6.30. The van der Waals surface area contributed by atoms with Gasteiger partial charge >= 0.3 is 6.16 Å². The van der Waals surface area contributed by atoms with Crippen molar-refractivity contribution >= 4 is 17.8 Å². The van der Waals surface area contributed by atoms with Gasteiger partial charge in [-0.15, -0.1) is 5.01 Å². The van der Waals surface area contributed by atoms with Gasteiger partial charge in [0.05, 0.1) is 23.8 Å². The van der Waals surface area contributed by atoms with Gasteiger partial charge in [0.25, 0.3) is 0 Å². The van der Waals surface area contributed by atoms with E-state index in [0.29, 0.717) is 41.0 Å². The van der Waals surface area contributed by atoms with Crippen molar-refractivity contribution in [2.24, 2.45) is 5.28 Å². The van der Waals surface area contributed by atoms with Crippen molar-refractivity contribution < 1.29 is 28.8 Å². The third kappa shape index (κ3) is 5.94. The molecule has 2 aliphatic rings. The van der Waals surface area contributed by atoms with E-state index in [1.54, 1.807) is 25.3 Å². The molecule has 4 rings (SSSR count). The largest absolute Gasteiger partial charge is 0.569 e. The Morgan fingerprint density at radius 1 is 1.37 bits per heavy atom. The van der Waals surface area contributed by atoms with Crippen LogP contribution in [0, 0.1) is 12.1 Å². The Balaban J connectivity index is 1.38. The van der Waals surface area contributed by atoms with Gasteiger partial charge in [-0.05, 0) is 43.9 Å². The summed E-state index contributed by atoms with van der Waals surface area (Å²) in [5.41, 5.74) is 3.07. The predicted octanol–water partition coefficient (Wildman–Crippen LogP) is 5.25. The molecule has 2 aliphatic heterocycles. The second-order valence-corrected chi connectivity index (χ2v) is 8.93. The van der Waals surface area contributed by atoms with Gasteiger partial charge in [0.15, 0.2) is 5.75 Å². The van der Waals surface area contributed by atoms with Crippen LogP contribution in [0.2, 0.25) is 5.02 Å². The van der Waals surface area contributed by atoms with Crippen molar-refractivity contribution in [3.63, 3.8) is 0 Å². The lowest BCUT2D eigenvalue weighted by atomic mass is 10.0. The first-order valence-corrected chi connectivity index (χ1v) is 12.1. The average molecular weight is 505 g/mol. The Hall–Kier alpha value is -3.11.